The molecule has 5 heteroatoms. The molecule has 0 aliphatic carbocycles. The molecule has 0 heterocycles. The number of para-hydroxylation sites is 1. The maximum atomic E-state index is 11.8. The number of nitrogen functional groups attached to an aromatic ring is 1. The number of nitrogens with two attached hydrogens (primary N) is 1. The van der Waals surface area contributed by atoms with Crippen LogP contribution < -0.4 is 10.6 Å². The van der Waals surface area contributed by atoms with E-state index in [1.54, 1.807) is 24.8 Å². The molecule has 1 unspecified atom stereocenters. The summed E-state index contributed by atoms with van der Waals surface area (Å²) < 4.78 is 5.01. The zero-order valence-electron chi connectivity index (χ0n) is 12.0. The molecule has 1 aromatic rings. The zero-order chi connectivity index (χ0) is 14.4. The summed E-state index contributed by atoms with van der Waals surface area (Å²) in [5.74, 6) is 0.632. The Bertz CT molecular complexity index is 437. The van der Waals surface area contributed by atoms with Gasteiger partial charge < -0.3 is 15.4 Å². The van der Waals surface area contributed by atoms with E-state index in [-0.39, 0.29) is 5.97 Å². The largest absolute Gasteiger partial charge is 0.462 e. The summed E-state index contributed by atoms with van der Waals surface area (Å²) in [6.07, 6.45) is 2.07. The van der Waals surface area contributed by atoms with Crippen LogP contribution in [0.1, 0.15) is 24.2 Å². The smallest absolute Gasteiger partial charge is 0.340 e. The van der Waals surface area contributed by atoms with E-state index in [1.165, 1.54) is 0 Å². The van der Waals surface area contributed by atoms with Gasteiger partial charge in [-0.25, -0.2) is 4.79 Å². The number of carbonyl (C=O) groups excluding carboxylic acids is 1. The molecule has 1 aromatic carbocycles. The van der Waals surface area contributed by atoms with Crippen LogP contribution in [0.25, 0.3) is 0 Å². The van der Waals surface area contributed by atoms with Gasteiger partial charge in [-0.15, -0.1) is 0 Å². The fraction of sp³-hybridized carbons (Fsp3) is 0.500. The molecule has 0 amide bonds. The minimum Gasteiger partial charge on any atom is -0.462 e. The second kappa shape index (κ2) is 7.28. The Morgan fingerprint density at radius 2 is 2.21 bits per heavy atom. The van der Waals surface area contributed by atoms with Crippen molar-refractivity contribution in [2.45, 2.75) is 19.9 Å². The van der Waals surface area contributed by atoms with Crippen LogP contribution in [0.3, 0.4) is 0 Å². The molecule has 0 aliphatic heterocycles. The predicted octanol–water partition coefficient (Wildman–Crippen LogP) is 2.63. The van der Waals surface area contributed by atoms with Crippen molar-refractivity contribution in [1.82, 2.24) is 0 Å². The molecule has 0 saturated carbocycles. The third-order valence-electron chi connectivity index (χ3n) is 3.03. The lowest BCUT2D eigenvalue weighted by Gasteiger charge is -2.28. The summed E-state index contributed by atoms with van der Waals surface area (Å²) in [5.41, 5.74) is 7.88. The molecule has 0 aliphatic rings. The van der Waals surface area contributed by atoms with E-state index < -0.39 is 0 Å². The summed E-state index contributed by atoms with van der Waals surface area (Å²) in [6.45, 7) is 4.26. The third kappa shape index (κ3) is 3.80. The first-order valence-electron chi connectivity index (χ1n) is 6.30. The lowest BCUT2D eigenvalue weighted by Crippen LogP contribution is -2.31. The molecule has 0 saturated heterocycles. The highest BCUT2D eigenvalue weighted by Gasteiger charge is 2.17. The highest BCUT2D eigenvalue weighted by molar-refractivity contribution is 7.98. The summed E-state index contributed by atoms with van der Waals surface area (Å²) >= 11 is 1.78. The fourth-order valence-corrected chi connectivity index (χ4v) is 2.54. The van der Waals surface area contributed by atoms with Crippen molar-refractivity contribution in [3.8, 4) is 0 Å². The molecule has 0 aromatic heterocycles. The van der Waals surface area contributed by atoms with Crippen LogP contribution in [0, 0.1) is 0 Å². The Labute approximate surface area is 119 Å². The molecule has 0 bridgehead atoms. The van der Waals surface area contributed by atoms with Crippen LogP contribution in [-0.4, -0.2) is 37.7 Å². The van der Waals surface area contributed by atoms with Gasteiger partial charge in [0.2, 0.25) is 0 Å². The lowest BCUT2D eigenvalue weighted by atomic mass is 10.1. The number of benzene rings is 1. The van der Waals surface area contributed by atoms with E-state index in [4.69, 9.17) is 10.5 Å². The molecule has 1 rings (SSSR count). The van der Waals surface area contributed by atoms with Crippen molar-refractivity contribution < 1.29 is 9.53 Å². The molecule has 2 N–H and O–H groups in total. The first-order chi connectivity index (χ1) is 9.02. The molecular weight excluding hydrogens is 260 g/mol. The minimum absolute atomic E-state index is 0.342. The highest BCUT2D eigenvalue weighted by atomic mass is 32.2. The van der Waals surface area contributed by atoms with Crippen molar-refractivity contribution in [1.29, 1.82) is 0 Å². The van der Waals surface area contributed by atoms with Crippen LogP contribution in [-0.2, 0) is 4.74 Å². The van der Waals surface area contributed by atoms with Gasteiger partial charge in [0.15, 0.2) is 0 Å². The summed E-state index contributed by atoms with van der Waals surface area (Å²) in [6, 6.07) is 5.80. The average molecular weight is 282 g/mol. The minimum atomic E-state index is -0.368. The fourth-order valence-electron chi connectivity index (χ4n) is 1.84. The monoisotopic (exact) mass is 282 g/mol. The lowest BCUT2D eigenvalue weighted by molar-refractivity contribution is 0.0527. The van der Waals surface area contributed by atoms with Crippen molar-refractivity contribution in [2.75, 3.05) is 36.3 Å². The number of rotatable bonds is 6. The molecule has 0 radical (unpaired) electrons. The van der Waals surface area contributed by atoms with Gasteiger partial charge in [0.25, 0.3) is 0 Å². The number of nitrogens with zero attached hydrogens (tertiary/aromatic N) is 1. The standard InChI is InChI=1S/C14H22N2O2S/c1-5-18-14(17)11-7-6-8-12(13(11)15)16(3)10(2)9-19-4/h6-8,10H,5,9,15H2,1-4H3. The Morgan fingerprint density at radius 3 is 2.79 bits per heavy atom. The van der Waals surface area contributed by atoms with Crippen molar-refractivity contribution in [2.24, 2.45) is 0 Å². The Kier molecular flexibility index (Phi) is 6.02. The SMILES string of the molecule is CCOC(=O)c1cccc(N(C)C(C)CSC)c1N. The maximum absolute atomic E-state index is 11.8. The van der Waals surface area contributed by atoms with Crippen LogP contribution >= 0.6 is 11.8 Å². The van der Waals surface area contributed by atoms with E-state index in [9.17, 15) is 4.79 Å². The first-order valence-corrected chi connectivity index (χ1v) is 7.69. The van der Waals surface area contributed by atoms with Crippen LogP contribution in [0.2, 0.25) is 0 Å². The van der Waals surface area contributed by atoms with E-state index in [0.29, 0.717) is 23.9 Å². The number of hydrogen-bond acceptors (Lipinski definition) is 5. The Balaban J connectivity index is 3.03. The number of carbonyl (C=O) groups is 1. The molecule has 19 heavy (non-hydrogen) atoms. The molecule has 0 spiro atoms. The average Bonchev–Trinajstić information content (AvgIpc) is 2.38. The van der Waals surface area contributed by atoms with Crippen LogP contribution in [0.4, 0.5) is 11.4 Å². The van der Waals surface area contributed by atoms with Gasteiger partial charge >= 0.3 is 5.97 Å². The van der Waals surface area contributed by atoms with Crippen molar-refractivity contribution in [3.63, 3.8) is 0 Å². The van der Waals surface area contributed by atoms with Crippen LogP contribution in [0.15, 0.2) is 18.2 Å². The van der Waals surface area contributed by atoms with Gasteiger partial charge in [-0.05, 0) is 32.2 Å². The second-order valence-corrected chi connectivity index (χ2v) is 5.28. The van der Waals surface area contributed by atoms with Gasteiger partial charge in [-0.3, -0.25) is 0 Å². The number of ether oxygens (including phenoxy) is 1. The van der Waals surface area contributed by atoms with Gasteiger partial charge in [0.05, 0.1) is 23.5 Å². The molecule has 4 nitrogen and oxygen atoms in total. The molecule has 106 valence electrons. The van der Waals surface area contributed by atoms with Crippen molar-refractivity contribution >= 4 is 29.1 Å². The van der Waals surface area contributed by atoms with E-state index >= 15 is 0 Å². The normalized spacial score (nSPS) is 12.0. The Morgan fingerprint density at radius 1 is 1.53 bits per heavy atom. The Hall–Kier alpha value is -1.36. The third-order valence-corrected chi connectivity index (χ3v) is 3.84. The van der Waals surface area contributed by atoms with Gasteiger partial charge in [0.1, 0.15) is 0 Å². The van der Waals surface area contributed by atoms with Gasteiger partial charge in [0, 0.05) is 18.8 Å². The number of thioether (sulfide) groups is 1. The summed E-state index contributed by atoms with van der Waals surface area (Å²) in [5, 5.41) is 0. The molecule has 0 fully saturated rings. The topological polar surface area (TPSA) is 55.6 Å². The summed E-state index contributed by atoms with van der Waals surface area (Å²) in [7, 11) is 1.99. The zero-order valence-corrected chi connectivity index (χ0v) is 12.8. The molecular formula is C14H22N2O2S. The number of hydrogen-bond donors (Lipinski definition) is 1. The van der Waals surface area contributed by atoms with Crippen molar-refractivity contribution in [3.05, 3.63) is 23.8 Å². The van der Waals surface area contributed by atoms with Gasteiger partial charge in [-0.2, -0.15) is 11.8 Å². The predicted molar refractivity (Wildman–Crippen MR) is 83.1 cm³/mol. The van der Waals surface area contributed by atoms with E-state index in [0.717, 1.165) is 11.4 Å². The maximum Gasteiger partial charge on any atom is 0.340 e. The van der Waals surface area contributed by atoms with E-state index in [1.807, 2.05) is 19.2 Å². The number of esters is 1. The van der Waals surface area contributed by atoms with Gasteiger partial charge in [-0.1, -0.05) is 6.07 Å². The first kappa shape index (κ1) is 15.7. The summed E-state index contributed by atoms with van der Waals surface area (Å²) in [4.78, 5) is 13.9. The molecule has 1 atom stereocenters. The van der Waals surface area contributed by atoms with E-state index in [2.05, 4.69) is 18.1 Å². The van der Waals surface area contributed by atoms with Crippen LogP contribution in [0.5, 0.6) is 0 Å². The quantitative estimate of drug-likeness (QED) is 0.642. The highest BCUT2D eigenvalue weighted by Crippen LogP contribution is 2.28. The second-order valence-electron chi connectivity index (χ2n) is 4.37. The number of anilines is 2.